The Morgan fingerprint density at radius 1 is 1.05 bits per heavy atom. The molecule has 0 spiro atoms. The molecule has 0 aromatic rings. The van der Waals surface area contributed by atoms with Crippen LogP contribution in [0.5, 0.6) is 0 Å². The van der Waals surface area contributed by atoms with E-state index in [1.807, 2.05) is 4.90 Å². The molecule has 3 atom stereocenters. The van der Waals surface area contributed by atoms with Gasteiger partial charge in [0.15, 0.2) is 0 Å². The zero-order chi connectivity index (χ0) is 14.5. The highest BCUT2D eigenvalue weighted by Crippen LogP contribution is 2.31. The largest absolute Gasteiger partial charge is 0.481 e. The van der Waals surface area contributed by atoms with Crippen LogP contribution in [0.3, 0.4) is 0 Å². The van der Waals surface area contributed by atoms with Gasteiger partial charge in [-0.2, -0.15) is 0 Å². The molecular weight excluding hydrogens is 254 g/mol. The fraction of sp³-hybridized carbons (Fsp3) is 0.875. The SMILES string of the molecule is CCC1CCCN(C(=O)C2CCCC(C(=O)O)C2)CC1. The molecule has 2 fully saturated rings. The number of carboxylic acid groups (broad SMARTS) is 1. The van der Waals surface area contributed by atoms with E-state index in [0.717, 1.165) is 51.1 Å². The van der Waals surface area contributed by atoms with E-state index in [1.165, 1.54) is 12.8 Å². The van der Waals surface area contributed by atoms with Gasteiger partial charge in [0.1, 0.15) is 0 Å². The lowest BCUT2D eigenvalue weighted by molar-refractivity contribution is -0.145. The zero-order valence-electron chi connectivity index (χ0n) is 12.5. The van der Waals surface area contributed by atoms with Crippen LogP contribution in [0.1, 0.15) is 58.3 Å². The predicted molar refractivity (Wildman–Crippen MR) is 77.3 cm³/mol. The van der Waals surface area contributed by atoms with E-state index in [0.29, 0.717) is 6.42 Å². The van der Waals surface area contributed by atoms with Gasteiger partial charge in [-0.3, -0.25) is 9.59 Å². The van der Waals surface area contributed by atoms with Crippen LogP contribution in [0.4, 0.5) is 0 Å². The number of carboxylic acids is 1. The normalized spacial score (nSPS) is 31.6. The predicted octanol–water partition coefficient (Wildman–Crippen LogP) is 2.92. The van der Waals surface area contributed by atoms with E-state index in [9.17, 15) is 9.59 Å². The van der Waals surface area contributed by atoms with Crippen LogP contribution >= 0.6 is 0 Å². The maximum absolute atomic E-state index is 12.6. The van der Waals surface area contributed by atoms with Crippen molar-refractivity contribution in [3.63, 3.8) is 0 Å². The summed E-state index contributed by atoms with van der Waals surface area (Å²) in [4.78, 5) is 25.7. The van der Waals surface area contributed by atoms with Crippen molar-refractivity contribution in [2.45, 2.75) is 58.3 Å². The first-order valence-electron chi connectivity index (χ1n) is 8.13. The first kappa shape index (κ1) is 15.3. The summed E-state index contributed by atoms with van der Waals surface area (Å²) in [6, 6.07) is 0. The molecule has 1 saturated heterocycles. The molecule has 1 amide bonds. The summed E-state index contributed by atoms with van der Waals surface area (Å²) in [5.41, 5.74) is 0. The third kappa shape index (κ3) is 3.74. The number of carbonyl (C=O) groups is 2. The van der Waals surface area contributed by atoms with Gasteiger partial charge in [0.2, 0.25) is 5.91 Å². The summed E-state index contributed by atoms with van der Waals surface area (Å²) in [5.74, 6) is -0.126. The average Bonchev–Trinajstić information content (AvgIpc) is 2.72. The molecule has 1 aliphatic heterocycles. The van der Waals surface area contributed by atoms with Crippen molar-refractivity contribution in [3.05, 3.63) is 0 Å². The Labute approximate surface area is 121 Å². The maximum Gasteiger partial charge on any atom is 0.306 e. The third-order valence-electron chi connectivity index (χ3n) is 5.11. The van der Waals surface area contributed by atoms with Crippen molar-refractivity contribution in [2.24, 2.45) is 17.8 Å². The molecule has 1 heterocycles. The Bertz CT molecular complexity index is 356. The fourth-order valence-corrected chi connectivity index (χ4v) is 3.69. The van der Waals surface area contributed by atoms with Crippen LogP contribution < -0.4 is 0 Å². The minimum Gasteiger partial charge on any atom is -0.481 e. The molecule has 20 heavy (non-hydrogen) atoms. The summed E-state index contributed by atoms with van der Waals surface area (Å²) in [6.07, 6.45) is 7.65. The third-order valence-corrected chi connectivity index (χ3v) is 5.11. The van der Waals surface area contributed by atoms with E-state index in [2.05, 4.69) is 6.92 Å². The van der Waals surface area contributed by atoms with Crippen molar-refractivity contribution in [1.29, 1.82) is 0 Å². The second kappa shape index (κ2) is 7.09. The lowest BCUT2D eigenvalue weighted by Crippen LogP contribution is -2.39. The molecule has 2 rings (SSSR count). The molecule has 1 N–H and O–H groups in total. The van der Waals surface area contributed by atoms with Crippen LogP contribution in [-0.2, 0) is 9.59 Å². The molecule has 0 aromatic carbocycles. The standard InChI is InChI=1S/C16H27NO3/c1-2-12-5-4-9-17(10-8-12)15(18)13-6-3-7-14(11-13)16(19)20/h12-14H,2-11H2,1H3,(H,19,20). The van der Waals surface area contributed by atoms with Crippen LogP contribution in [0.25, 0.3) is 0 Å². The number of aliphatic carboxylic acids is 1. The van der Waals surface area contributed by atoms with E-state index in [-0.39, 0.29) is 17.7 Å². The van der Waals surface area contributed by atoms with E-state index < -0.39 is 5.97 Å². The molecule has 4 heteroatoms. The molecule has 3 unspecified atom stereocenters. The summed E-state index contributed by atoms with van der Waals surface area (Å²) in [5, 5.41) is 9.13. The van der Waals surface area contributed by atoms with Crippen LogP contribution in [-0.4, -0.2) is 35.0 Å². The van der Waals surface area contributed by atoms with E-state index in [4.69, 9.17) is 5.11 Å². The highest BCUT2D eigenvalue weighted by molar-refractivity contribution is 5.80. The minimum absolute atomic E-state index is 0.0528. The molecule has 0 radical (unpaired) electrons. The van der Waals surface area contributed by atoms with Crippen LogP contribution in [0.2, 0.25) is 0 Å². The second-order valence-electron chi connectivity index (χ2n) is 6.43. The first-order chi connectivity index (χ1) is 9.61. The summed E-state index contributed by atoms with van der Waals surface area (Å²) >= 11 is 0. The number of nitrogens with zero attached hydrogens (tertiary/aromatic N) is 1. The molecule has 0 aromatic heterocycles. The second-order valence-corrected chi connectivity index (χ2v) is 6.43. The van der Waals surface area contributed by atoms with Gasteiger partial charge in [0, 0.05) is 19.0 Å². The van der Waals surface area contributed by atoms with Gasteiger partial charge in [-0.05, 0) is 44.4 Å². The molecule has 2 aliphatic rings. The molecule has 114 valence electrons. The highest BCUT2D eigenvalue weighted by atomic mass is 16.4. The number of hydrogen-bond acceptors (Lipinski definition) is 2. The zero-order valence-corrected chi connectivity index (χ0v) is 12.5. The lowest BCUT2D eigenvalue weighted by Gasteiger charge is -2.30. The number of likely N-dealkylation sites (tertiary alicyclic amines) is 1. The smallest absolute Gasteiger partial charge is 0.306 e. The lowest BCUT2D eigenvalue weighted by atomic mass is 9.80. The quantitative estimate of drug-likeness (QED) is 0.865. The van der Waals surface area contributed by atoms with E-state index >= 15 is 0 Å². The Morgan fingerprint density at radius 2 is 1.80 bits per heavy atom. The van der Waals surface area contributed by atoms with Crippen LogP contribution in [0.15, 0.2) is 0 Å². The summed E-state index contributed by atoms with van der Waals surface area (Å²) in [7, 11) is 0. The highest BCUT2D eigenvalue weighted by Gasteiger charge is 2.33. The molecule has 4 nitrogen and oxygen atoms in total. The average molecular weight is 281 g/mol. The minimum atomic E-state index is -0.732. The van der Waals surface area contributed by atoms with E-state index in [1.54, 1.807) is 0 Å². The molecule has 1 aliphatic carbocycles. The van der Waals surface area contributed by atoms with Crippen molar-refractivity contribution >= 4 is 11.9 Å². The van der Waals surface area contributed by atoms with Gasteiger partial charge in [-0.1, -0.05) is 19.8 Å². The topological polar surface area (TPSA) is 57.6 Å². The maximum atomic E-state index is 12.6. The van der Waals surface area contributed by atoms with Gasteiger partial charge >= 0.3 is 5.97 Å². The Balaban J connectivity index is 1.91. The van der Waals surface area contributed by atoms with Gasteiger partial charge in [-0.25, -0.2) is 0 Å². The number of hydrogen-bond donors (Lipinski definition) is 1. The molecular formula is C16H27NO3. The summed E-state index contributed by atoms with van der Waals surface area (Å²) < 4.78 is 0. The first-order valence-corrected chi connectivity index (χ1v) is 8.13. The molecule has 1 saturated carbocycles. The van der Waals surface area contributed by atoms with Crippen molar-refractivity contribution < 1.29 is 14.7 Å². The van der Waals surface area contributed by atoms with Crippen LogP contribution in [0, 0.1) is 17.8 Å². The fourth-order valence-electron chi connectivity index (χ4n) is 3.69. The van der Waals surface area contributed by atoms with Gasteiger partial charge < -0.3 is 10.0 Å². The van der Waals surface area contributed by atoms with Crippen molar-refractivity contribution in [2.75, 3.05) is 13.1 Å². The van der Waals surface area contributed by atoms with Gasteiger partial charge in [-0.15, -0.1) is 0 Å². The number of rotatable bonds is 3. The Hall–Kier alpha value is -1.06. The monoisotopic (exact) mass is 281 g/mol. The Kier molecular flexibility index (Phi) is 5.44. The van der Waals surface area contributed by atoms with Crippen molar-refractivity contribution in [3.8, 4) is 0 Å². The Morgan fingerprint density at radius 3 is 2.50 bits per heavy atom. The number of carbonyl (C=O) groups excluding carboxylic acids is 1. The number of amides is 1. The van der Waals surface area contributed by atoms with Crippen molar-refractivity contribution in [1.82, 2.24) is 4.90 Å². The van der Waals surface area contributed by atoms with Gasteiger partial charge in [0.05, 0.1) is 5.92 Å². The molecule has 0 bridgehead atoms. The van der Waals surface area contributed by atoms with Gasteiger partial charge in [0.25, 0.3) is 0 Å². The summed E-state index contributed by atoms with van der Waals surface area (Å²) in [6.45, 7) is 3.95.